The number of hydrogen-bond acceptors (Lipinski definition) is 9. The third kappa shape index (κ3) is 14.4. The molecule has 17 heteroatoms. The van der Waals surface area contributed by atoms with Gasteiger partial charge >= 0.3 is 11.9 Å². The maximum atomic E-state index is 14.6. The number of fused-ring (bicyclic) bond motifs is 2. The first-order valence-electron chi connectivity index (χ1n) is 20.3. The van der Waals surface area contributed by atoms with Crippen LogP contribution in [-0.4, -0.2) is 131 Å². The number of esters is 1. The lowest BCUT2D eigenvalue weighted by Crippen LogP contribution is -2.42. The van der Waals surface area contributed by atoms with Crippen LogP contribution in [0.2, 0.25) is 0 Å². The zero-order valence-corrected chi connectivity index (χ0v) is 37.5. The quantitative estimate of drug-likeness (QED) is 0.0145. The Hall–Kier alpha value is -4.39. The van der Waals surface area contributed by atoms with Gasteiger partial charge in [-0.25, -0.2) is 9.59 Å². The molecule has 1 aromatic heterocycles. The van der Waals surface area contributed by atoms with E-state index in [2.05, 4.69) is 21.0 Å². The Morgan fingerprint density at radius 2 is 1.12 bits per heavy atom. The van der Waals surface area contributed by atoms with E-state index in [1.807, 2.05) is 24.7 Å². The smallest absolute Gasteiger partial charge is 0.345 e. The molecule has 0 unspecified atom stereocenters. The van der Waals surface area contributed by atoms with Crippen molar-refractivity contribution in [2.45, 2.75) is 65.8 Å². The molecule has 0 aliphatic carbocycles. The lowest BCUT2D eigenvalue weighted by Gasteiger charge is -2.29. The van der Waals surface area contributed by atoms with Gasteiger partial charge in [-0.3, -0.25) is 9.11 Å². The highest BCUT2D eigenvalue weighted by molar-refractivity contribution is 7.86. The summed E-state index contributed by atoms with van der Waals surface area (Å²) >= 11 is 0. The molecule has 0 amide bonds. The first kappa shape index (κ1) is 48.3. The molecular weight excluding hydrogens is 815 g/mol. The molecule has 60 heavy (non-hydrogen) atoms. The minimum Gasteiger partial charge on any atom is -0.493 e. The minimum atomic E-state index is -4.26. The summed E-state index contributed by atoms with van der Waals surface area (Å²) in [6.45, 7) is 9.58. The van der Waals surface area contributed by atoms with E-state index < -0.39 is 37.9 Å². The third-order valence-electron chi connectivity index (χ3n) is 10.6. The second-order valence-corrected chi connectivity index (χ2v) is 20.0. The van der Waals surface area contributed by atoms with Gasteiger partial charge < -0.3 is 28.3 Å². The number of hydrogen-bond donors (Lipinski definition) is 3. The zero-order valence-electron chi connectivity index (χ0n) is 35.9. The number of quaternary nitrogens is 2. The molecule has 0 radical (unpaired) electrons. The monoisotopic (exact) mass is 876 g/mol. The van der Waals surface area contributed by atoms with Crippen molar-refractivity contribution in [3.8, 4) is 17.2 Å². The molecule has 3 aromatic carbocycles. The molecule has 4 rings (SSSR count). The van der Waals surface area contributed by atoms with Crippen molar-refractivity contribution in [2.75, 3.05) is 79.1 Å². The average molecular weight is 877 g/mol. The lowest BCUT2D eigenvalue weighted by atomic mass is 10.0. The van der Waals surface area contributed by atoms with E-state index in [1.165, 1.54) is 12.1 Å². The predicted molar refractivity (Wildman–Crippen MR) is 230 cm³/mol. The molecule has 1 heterocycles. The number of carbonyl (C=O) groups is 2. The van der Waals surface area contributed by atoms with Gasteiger partial charge in [-0.15, -0.1) is 0 Å². The third-order valence-corrected chi connectivity index (χ3v) is 12.2. The van der Waals surface area contributed by atoms with Crippen LogP contribution in [0, 0.1) is 13.8 Å². The number of pyridine rings is 1. The van der Waals surface area contributed by atoms with Crippen LogP contribution < -0.4 is 18.8 Å². The SMILES string of the molecule is CCCC[N+](C)(C)CCCOc1ccc2c(c1)c(C(=O)Oc1c(C)cc(C(=O)O)cc1C)c1cc(OCCC[N+](C)(C)CCCS(=O)(=O)O)ccc1[n+]2CCCS(=O)(=O)O. The Labute approximate surface area is 354 Å². The van der Waals surface area contributed by atoms with Crippen molar-refractivity contribution in [2.24, 2.45) is 0 Å². The molecule has 0 spiro atoms. The van der Waals surface area contributed by atoms with Gasteiger partial charge in [-0.2, -0.15) is 21.4 Å². The molecule has 4 aromatic rings. The molecule has 0 saturated carbocycles. The number of unbranched alkanes of at least 4 members (excludes halogenated alkanes) is 1. The first-order chi connectivity index (χ1) is 28.0. The average Bonchev–Trinajstić information content (AvgIpc) is 3.14. The number of ether oxygens (including phenoxy) is 3. The van der Waals surface area contributed by atoms with Gasteiger partial charge in [-0.1, -0.05) is 13.3 Å². The van der Waals surface area contributed by atoms with Gasteiger partial charge in [0.05, 0.1) is 101 Å². The van der Waals surface area contributed by atoms with Gasteiger partial charge in [0.1, 0.15) is 17.2 Å². The number of carbonyl (C=O) groups excluding carboxylic acids is 1. The minimum absolute atomic E-state index is 0.0581. The summed E-state index contributed by atoms with van der Waals surface area (Å²) in [5.74, 6) is -1.42. The van der Waals surface area contributed by atoms with Crippen LogP contribution in [0.5, 0.6) is 17.2 Å². The largest absolute Gasteiger partial charge is 0.493 e. The number of rotatable bonds is 24. The number of benzene rings is 3. The number of aromatic carboxylic acids is 1. The second kappa shape index (κ2) is 20.4. The van der Waals surface area contributed by atoms with Crippen molar-refractivity contribution in [3.05, 3.63) is 70.8 Å². The summed E-state index contributed by atoms with van der Waals surface area (Å²) in [4.78, 5) is 26.4. The van der Waals surface area contributed by atoms with E-state index in [-0.39, 0.29) is 35.6 Å². The van der Waals surface area contributed by atoms with Crippen molar-refractivity contribution < 1.29 is 68.4 Å². The lowest BCUT2D eigenvalue weighted by molar-refractivity contribution is -0.890. The Balaban J connectivity index is 1.79. The van der Waals surface area contributed by atoms with Crippen LogP contribution in [0.25, 0.3) is 21.8 Å². The number of carboxylic acids is 1. The highest BCUT2D eigenvalue weighted by Crippen LogP contribution is 2.33. The van der Waals surface area contributed by atoms with Gasteiger partial charge in [-0.05, 0) is 67.8 Å². The van der Waals surface area contributed by atoms with Crippen LogP contribution >= 0.6 is 0 Å². The Bertz CT molecular complexity index is 2370. The van der Waals surface area contributed by atoms with Crippen LogP contribution in [-0.2, 0) is 26.8 Å². The molecule has 0 fully saturated rings. The Kier molecular flexibility index (Phi) is 16.5. The maximum Gasteiger partial charge on any atom is 0.345 e. The highest BCUT2D eigenvalue weighted by Gasteiger charge is 2.28. The molecule has 0 saturated heterocycles. The van der Waals surface area contributed by atoms with E-state index >= 15 is 0 Å². The summed E-state index contributed by atoms with van der Waals surface area (Å²) in [6.07, 6.45) is 4.03. The number of aromatic nitrogens is 1. The topological polar surface area (TPSA) is 195 Å². The molecule has 0 bridgehead atoms. The molecule has 330 valence electrons. The summed E-state index contributed by atoms with van der Waals surface area (Å²) < 4.78 is 86.5. The van der Waals surface area contributed by atoms with E-state index in [1.54, 1.807) is 44.2 Å². The molecule has 0 atom stereocenters. The molecule has 0 aliphatic heterocycles. The van der Waals surface area contributed by atoms with Crippen molar-refractivity contribution in [1.29, 1.82) is 0 Å². The standard InChI is InChI=1S/C43H59N3O12S2/c1-8-9-19-45(4,5)20-11-23-56-34-14-16-38-36(29-34)40(43(49)58-41-31(2)27-33(42(47)48)28-32(41)3)37-30-35(15-17-39(37)44(38)18-10-25-59(50,51)52)57-24-12-21-46(6,7)22-13-26-60(53,54)55/h14-17,27-30H,8-13,18-26H2,1-7H3/p+3. The fourth-order valence-corrected chi connectivity index (χ4v) is 8.44. The van der Waals surface area contributed by atoms with Crippen LogP contribution in [0.4, 0.5) is 0 Å². The van der Waals surface area contributed by atoms with E-state index in [9.17, 15) is 36.1 Å². The molecule has 15 nitrogen and oxygen atoms in total. The van der Waals surface area contributed by atoms with Crippen molar-refractivity contribution in [3.63, 3.8) is 0 Å². The molecule has 3 N–H and O–H groups in total. The van der Waals surface area contributed by atoms with E-state index in [0.717, 1.165) is 36.8 Å². The number of aryl methyl sites for hydroxylation is 3. The summed E-state index contributed by atoms with van der Waals surface area (Å²) in [5.41, 5.74) is 2.33. The van der Waals surface area contributed by atoms with Crippen molar-refractivity contribution in [1.82, 2.24) is 0 Å². The van der Waals surface area contributed by atoms with Gasteiger partial charge in [0.15, 0.2) is 6.54 Å². The summed E-state index contributed by atoms with van der Waals surface area (Å²) in [7, 11) is 0.0284. The van der Waals surface area contributed by atoms with Crippen LogP contribution in [0.1, 0.15) is 77.3 Å². The van der Waals surface area contributed by atoms with Crippen LogP contribution in [0.3, 0.4) is 0 Å². The van der Waals surface area contributed by atoms with Gasteiger partial charge in [0, 0.05) is 37.8 Å². The zero-order chi connectivity index (χ0) is 44.5. The highest BCUT2D eigenvalue weighted by atomic mass is 32.2. The maximum absolute atomic E-state index is 14.6. The Morgan fingerprint density at radius 3 is 1.57 bits per heavy atom. The summed E-state index contributed by atoms with van der Waals surface area (Å²) in [6, 6.07) is 13.5. The number of nitrogens with zero attached hydrogens (tertiary/aromatic N) is 3. The van der Waals surface area contributed by atoms with E-state index in [0.29, 0.717) is 88.1 Å². The Morgan fingerprint density at radius 1 is 0.667 bits per heavy atom. The van der Waals surface area contributed by atoms with Gasteiger partial charge in [0.2, 0.25) is 11.0 Å². The summed E-state index contributed by atoms with van der Waals surface area (Å²) in [5, 5.41) is 10.5. The van der Waals surface area contributed by atoms with Gasteiger partial charge in [0.25, 0.3) is 20.2 Å². The molecular formula is C43H62N3O12S2+3. The fourth-order valence-electron chi connectivity index (χ4n) is 7.45. The number of carboxylic acid groups (broad SMARTS) is 1. The van der Waals surface area contributed by atoms with Crippen LogP contribution in [0.15, 0.2) is 48.5 Å². The predicted octanol–water partition coefficient (Wildman–Crippen LogP) is 5.86. The van der Waals surface area contributed by atoms with Crippen molar-refractivity contribution >= 4 is 54.0 Å². The fraction of sp³-hybridized carbons (Fsp3) is 0.512. The second-order valence-electron chi connectivity index (χ2n) is 16.8. The first-order valence-corrected chi connectivity index (χ1v) is 23.5. The normalized spacial score (nSPS) is 12.6. The van der Waals surface area contributed by atoms with E-state index in [4.69, 9.17) is 18.8 Å². The molecule has 0 aliphatic rings.